The van der Waals surface area contributed by atoms with Crippen molar-refractivity contribution < 1.29 is 0 Å². The van der Waals surface area contributed by atoms with Gasteiger partial charge < -0.3 is 5.73 Å². The molecule has 2 unspecified atom stereocenters. The number of rotatable bonds is 3. The van der Waals surface area contributed by atoms with Gasteiger partial charge in [0.25, 0.3) is 0 Å². The number of nitrogens with two attached hydrogens (primary N) is 1. The molecule has 0 aromatic carbocycles. The summed E-state index contributed by atoms with van der Waals surface area (Å²) in [6.07, 6.45) is 8.45. The van der Waals surface area contributed by atoms with E-state index in [1.807, 2.05) is 0 Å². The summed E-state index contributed by atoms with van der Waals surface area (Å²) < 4.78 is 0. The second kappa shape index (κ2) is 3.27. The molecule has 0 aromatic heterocycles. The SMILES string of the molecule is CC1(C)CC1C(N)CC1CCCC1. The van der Waals surface area contributed by atoms with Crippen LogP contribution in [0, 0.1) is 17.3 Å². The Balaban J connectivity index is 1.75. The molecule has 1 heteroatoms. The van der Waals surface area contributed by atoms with Gasteiger partial charge in [-0.1, -0.05) is 39.5 Å². The Morgan fingerprint density at radius 1 is 1.31 bits per heavy atom. The van der Waals surface area contributed by atoms with Gasteiger partial charge in [0.05, 0.1) is 0 Å². The van der Waals surface area contributed by atoms with Crippen LogP contribution in [-0.4, -0.2) is 6.04 Å². The van der Waals surface area contributed by atoms with E-state index >= 15 is 0 Å². The third-order valence-electron chi connectivity index (χ3n) is 4.19. The third kappa shape index (κ3) is 2.07. The molecule has 76 valence electrons. The van der Waals surface area contributed by atoms with Gasteiger partial charge in [0.2, 0.25) is 0 Å². The fraction of sp³-hybridized carbons (Fsp3) is 1.00. The summed E-state index contributed by atoms with van der Waals surface area (Å²) in [7, 11) is 0. The van der Waals surface area contributed by atoms with Gasteiger partial charge in [-0.3, -0.25) is 0 Å². The van der Waals surface area contributed by atoms with Crippen LogP contribution < -0.4 is 5.73 Å². The zero-order chi connectivity index (χ0) is 9.47. The normalized spacial score (nSPS) is 34.8. The van der Waals surface area contributed by atoms with Crippen molar-refractivity contribution in [2.24, 2.45) is 23.0 Å². The molecule has 0 aliphatic heterocycles. The summed E-state index contributed by atoms with van der Waals surface area (Å²) >= 11 is 0. The minimum atomic E-state index is 0.498. The molecular formula is C12H23N. The Hall–Kier alpha value is -0.0400. The van der Waals surface area contributed by atoms with Crippen LogP contribution >= 0.6 is 0 Å². The van der Waals surface area contributed by atoms with Crippen molar-refractivity contribution in [2.45, 2.75) is 58.4 Å². The summed E-state index contributed by atoms with van der Waals surface area (Å²) in [6, 6.07) is 0.498. The average Bonchev–Trinajstić information content (AvgIpc) is 2.49. The van der Waals surface area contributed by atoms with Gasteiger partial charge in [-0.15, -0.1) is 0 Å². The molecule has 2 fully saturated rings. The maximum Gasteiger partial charge on any atom is 0.00751 e. The van der Waals surface area contributed by atoms with E-state index in [2.05, 4.69) is 13.8 Å². The maximum atomic E-state index is 6.23. The Morgan fingerprint density at radius 2 is 1.85 bits per heavy atom. The van der Waals surface area contributed by atoms with E-state index in [1.165, 1.54) is 38.5 Å². The average molecular weight is 181 g/mol. The van der Waals surface area contributed by atoms with Gasteiger partial charge in [0, 0.05) is 6.04 Å². The van der Waals surface area contributed by atoms with Crippen molar-refractivity contribution in [1.82, 2.24) is 0 Å². The van der Waals surface area contributed by atoms with Crippen LogP contribution in [0.2, 0.25) is 0 Å². The molecule has 0 radical (unpaired) electrons. The summed E-state index contributed by atoms with van der Waals surface area (Å²) in [5, 5.41) is 0. The van der Waals surface area contributed by atoms with Gasteiger partial charge in [0.15, 0.2) is 0 Å². The van der Waals surface area contributed by atoms with Crippen LogP contribution in [0.5, 0.6) is 0 Å². The Bertz CT molecular complexity index is 180. The van der Waals surface area contributed by atoms with Crippen molar-refractivity contribution >= 4 is 0 Å². The van der Waals surface area contributed by atoms with Crippen LogP contribution in [-0.2, 0) is 0 Å². The fourth-order valence-corrected chi connectivity index (χ4v) is 3.03. The van der Waals surface area contributed by atoms with E-state index in [4.69, 9.17) is 5.73 Å². The predicted molar refractivity (Wildman–Crippen MR) is 56.4 cm³/mol. The van der Waals surface area contributed by atoms with Crippen molar-refractivity contribution in [3.05, 3.63) is 0 Å². The molecule has 0 amide bonds. The molecule has 2 aliphatic carbocycles. The molecule has 1 nitrogen and oxygen atoms in total. The lowest BCUT2D eigenvalue weighted by Crippen LogP contribution is -2.27. The van der Waals surface area contributed by atoms with Crippen LogP contribution in [0.25, 0.3) is 0 Å². The molecule has 0 bridgehead atoms. The molecule has 0 saturated heterocycles. The van der Waals surface area contributed by atoms with Crippen LogP contribution in [0.1, 0.15) is 52.4 Å². The van der Waals surface area contributed by atoms with E-state index in [-0.39, 0.29) is 0 Å². The third-order valence-corrected chi connectivity index (χ3v) is 4.19. The van der Waals surface area contributed by atoms with Crippen molar-refractivity contribution in [3.8, 4) is 0 Å². The summed E-state index contributed by atoms with van der Waals surface area (Å²) in [5.74, 6) is 1.79. The Morgan fingerprint density at radius 3 is 2.31 bits per heavy atom. The first kappa shape index (κ1) is 9.51. The van der Waals surface area contributed by atoms with Crippen LogP contribution in [0.4, 0.5) is 0 Å². The molecule has 2 saturated carbocycles. The lowest BCUT2D eigenvalue weighted by atomic mass is 9.93. The minimum absolute atomic E-state index is 0.498. The van der Waals surface area contributed by atoms with E-state index in [1.54, 1.807) is 0 Å². The highest BCUT2D eigenvalue weighted by Gasteiger charge is 2.49. The van der Waals surface area contributed by atoms with E-state index in [0.29, 0.717) is 11.5 Å². The van der Waals surface area contributed by atoms with E-state index in [9.17, 15) is 0 Å². The lowest BCUT2D eigenvalue weighted by Gasteiger charge is -2.17. The van der Waals surface area contributed by atoms with Gasteiger partial charge >= 0.3 is 0 Å². The zero-order valence-electron chi connectivity index (χ0n) is 9.05. The van der Waals surface area contributed by atoms with Gasteiger partial charge in [-0.2, -0.15) is 0 Å². The lowest BCUT2D eigenvalue weighted by molar-refractivity contribution is 0.382. The largest absolute Gasteiger partial charge is 0.327 e. The maximum absolute atomic E-state index is 6.23. The summed E-state index contributed by atoms with van der Waals surface area (Å²) in [4.78, 5) is 0. The highest BCUT2D eigenvalue weighted by atomic mass is 14.7. The van der Waals surface area contributed by atoms with Crippen molar-refractivity contribution in [2.75, 3.05) is 0 Å². The van der Waals surface area contributed by atoms with Gasteiger partial charge in [-0.25, -0.2) is 0 Å². The fourth-order valence-electron chi connectivity index (χ4n) is 3.03. The molecule has 2 N–H and O–H groups in total. The molecule has 0 spiro atoms. The first-order valence-electron chi connectivity index (χ1n) is 5.85. The summed E-state index contributed by atoms with van der Waals surface area (Å²) in [5.41, 5.74) is 6.80. The minimum Gasteiger partial charge on any atom is -0.327 e. The van der Waals surface area contributed by atoms with E-state index < -0.39 is 0 Å². The highest BCUT2D eigenvalue weighted by Crippen LogP contribution is 2.54. The van der Waals surface area contributed by atoms with Crippen molar-refractivity contribution in [1.29, 1.82) is 0 Å². The Kier molecular flexibility index (Phi) is 2.39. The van der Waals surface area contributed by atoms with Gasteiger partial charge in [-0.05, 0) is 30.1 Å². The smallest absolute Gasteiger partial charge is 0.00751 e. The Labute approximate surface area is 82.1 Å². The standard InChI is InChI=1S/C12H23N/c1-12(2)8-10(12)11(13)7-9-5-3-4-6-9/h9-11H,3-8,13H2,1-2H3. The number of hydrogen-bond donors (Lipinski definition) is 1. The molecule has 0 heterocycles. The summed E-state index contributed by atoms with van der Waals surface area (Å²) in [6.45, 7) is 4.71. The van der Waals surface area contributed by atoms with Gasteiger partial charge in [0.1, 0.15) is 0 Å². The molecular weight excluding hydrogens is 158 g/mol. The molecule has 2 aliphatic rings. The van der Waals surface area contributed by atoms with E-state index in [0.717, 1.165) is 11.8 Å². The molecule has 13 heavy (non-hydrogen) atoms. The predicted octanol–water partition coefficient (Wildman–Crippen LogP) is 2.94. The van der Waals surface area contributed by atoms with Crippen LogP contribution in [0.3, 0.4) is 0 Å². The highest BCUT2D eigenvalue weighted by molar-refractivity contribution is 5.01. The quantitative estimate of drug-likeness (QED) is 0.711. The second-order valence-corrected chi connectivity index (χ2v) is 5.85. The van der Waals surface area contributed by atoms with Crippen molar-refractivity contribution in [3.63, 3.8) is 0 Å². The topological polar surface area (TPSA) is 26.0 Å². The number of hydrogen-bond acceptors (Lipinski definition) is 1. The first-order chi connectivity index (χ1) is 6.09. The molecule has 0 aromatic rings. The first-order valence-corrected chi connectivity index (χ1v) is 5.85. The molecule has 2 atom stereocenters. The van der Waals surface area contributed by atoms with Crippen LogP contribution in [0.15, 0.2) is 0 Å². The second-order valence-electron chi connectivity index (χ2n) is 5.85. The monoisotopic (exact) mass is 181 g/mol. The molecule has 2 rings (SSSR count). The zero-order valence-corrected chi connectivity index (χ0v) is 9.05.